The Morgan fingerprint density at radius 1 is 0.688 bits per heavy atom. The highest BCUT2D eigenvalue weighted by atomic mass is 16.5. The minimum atomic E-state index is 0.817. The van der Waals surface area contributed by atoms with E-state index in [1.54, 1.807) is 0 Å². The van der Waals surface area contributed by atoms with E-state index in [9.17, 15) is 0 Å². The second-order valence-corrected chi connectivity index (χ2v) is 4.58. The molecule has 0 radical (unpaired) electrons. The summed E-state index contributed by atoms with van der Waals surface area (Å²) in [4.78, 5) is 0. The van der Waals surface area contributed by atoms with Gasteiger partial charge in [-0.3, -0.25) is 0 Å². The summed E-state index contributed by atoms with van der Waals surface area (Å²) >= 11 is 0. The van der Waals surface area contributed by atoms with Crippen molar-refractivity contribution >= 4 is 0 Å². The lowest BCUT2D eigenvalue weighted by molar-refractivity contribution is 0.126. The molecule has 0 spiro atoms. The highest BCUT2D eigenvalue weighted by Gasteiger charge is 1.92. The number of hydrogen-bond donors (Lipinski definition) is 1. The third-order valence-corrected chi connectivity index (χ3v) is 2.89. The molecule has 0 saturated carbocycles. The Bertz CT molecular complexity index is 103. The minimum absolute atomic E-state index is 0.817. The van der Waals surface area contributed by atoms with Crippen molar-refractivity contribution in [2.75, 3.05) is 19.8 Å². The smallest absolute Gasteiger partial charge is 0.0466 e. The summed E-state index contributed by atoms with van der Waals surface area (Å²) in [6.07, 6.45) is 13.1. The molecule has 2 heteroatoms. The maximum Gasteiger partial charge on any atom is 0.0466 e. The van der Waals surface area contributed by atoms with Crippen molar-refractivity contribution in [1.82, 2.24) is 0 Å². The molecular weight excluding hydrogens is 198 g/mol. The molecule has 0 aliphatic rings. The van der Waals surface area contributed by atoms with Crippen molar-refractivity contribution in [2.45, 2.75) is 71.1 Å². The Hall–Kier alpha value is -0.0800. The van der Waals surface area contributed by atoms with Crippen LogP contribution in [0.1, 0.15) is 71.1 Å². The van der Waals surface area contributed by atoms with Gasteiger partial charge in [-0.2, -0.15) is 0 Å². The summed E-state index contributed by atoms with van der Waals surface area (Å²) < 4.78 is 5.57. The van der Waals surface area contributed by atoms with E-state index in [1.165, 1.54) is 57.8 Å². The molecule has 0 bridgehead atoms. The molecule has 0 amide bonds. The van der Waals surface area contributed by atoms with Gasteiger partial charge in [0.1, 0.15) is 0 Å². The fraction of sp³-hybridized carbons (Fsp3) is 1.00. The maximum absolute atomic E-state index is 5.57. The standard InChI is InChI=1S/C14H31NO/c1-2-3-4-5-6-7-10-13-16-14-11-8-9-12-15/h2-15H2,1H3. The number of nitrogens with two attached hydrogens (primary N) is 1. The van der Waals surface area contributed by atoms with Crippen molar-refractivity contribution in [3.8, 4) is 0 Å². The molecule has 0 atom stereocenters. The first kappa shape index (κ1) is 15.9. The third-order valence-electron chi connectivity index (χ3n) is 2.89. The lowest BCUT2D eigenvalue weighted by Crippen LogP contribution is -2.01. The quantitative estimate of drug-likeness (QED) is 0.486. The van der Waals surface area contributed by atoms with Gasteiger partial charge >= 0.3 is 0 Å². The van der Waals surface area contributed by atoms with Crippen molar-refractivity contribution in [3.63, 3.8) is 0 Å². The van der Waals surface area contributed by atoms with Crippen LogP contribution in [0.15, 0.2) is 0 Å². The molecular formula is C14H31NO. The zero-order valence-electron chi connectivity index (χ0n) is 11.2. The van der Waals surface area contributed by atoms with Crippen LogP contribution in [0.4, 0.5) is 0 Å². The zero-order chi connectivity index (χ0) is 11.9. The number of rotatable bonds is 13. The molecule has 0 rings (SSSR count). The molecule has 0 fully saturated rings. The molecule has 0 aliphatic carbocycles. The van der Waals surface area contributed by atoms with Gasteiger partial charge in [0.2, 0.25) is 0 Å². The summed E-state index contributed by atoms with van der Waals surface area (Å²) in [5.74, 6) is 0. The van der Waals surface area contributed by atoms with Crippen molar-refractivity contribution in [1.29, 1.82) is 0 Å². The zero-order valence-corrected chi connectivity index (χ0v) is 11.2. The van der Waals surface area contributed by atoms with E-state index < -0.39 is 0 Å². The minimum Gasteiger partial charge on any atom is -0.381 e. The average molecular weight is 229 g/mol. The van der Waals surface area contributed by atoms with Crippen LogP contribution in [0.5, 0.6) is 0 Å². The van der Waals surface area contributed by atoms with E-state index >= 15 is 0 Å². The Morgan fingerprint density at radius 2 is 1.19 bits per heavy atom. The molecule has 0 aromatic carbocycles. The van der Waals surface area contributed by atoms with Gasteiger partial charge in [-0.1, -0.05) is 45.4 Å². The number of ether oxygens (including phenoxy) is 1. The second-order valence-electron chi connectivity index (χ2n) is 4.58. The van der Waals surface area contributed by atoms with E-state index in [-0.39, 0.29) is 0 Å². The molecule has 0 aliphatic heterocycles. The van der Waals surface area contributed by atoms with Crippen LogP contribution in [0, 0.1) is 0 Å². The SMILES string of the molecule is CCCCCCCCCOCCCCCN. The van der Waals surface area contributed by atoms with Crippen molar-refractivity contribution in [3.05, 3.63) is 0 Å². The Morgan fingerprint density at radius 3 is 1.75 bits per heavy atom. The first-order valence-corrected chi connectivity index (χ1v) is 7.19. The fourth-order valence-electron chi connectivity index (χ4n) is 1.79. The summed E-state index contributed by atoms with van der Waals surface area (Å²) in [6.45, 7) is 4.96. The molecule has 16 heavy (non-hydrogen) atoms. The summed E-state index contributed by atoms with van der Waals surface area (Å²) in [6, 6.07) is 0. The van der Waals surface area contributed by atoms with Crippen molar-refractivity contribution < 1.29 is 4.74 Å². The number of unbranched alkanes of at least 4 members (excludes halogenated alkanes) is 8. The largest absolute Gasteiger partial charge is 0.381 e. The fourth-order valence-corrected chi connectivity index (χ4v) is 1.79. The Balaban J connectivity index is 2.83. The highest BCUT2D eigenvalue weighted by Crippen LogP contribution is 2.06. The molecule has 98 valence electrons. The molecule has 0 aromatic heterocycles. The first-order chi connectivity index (χ1) is 7.91. The van der Waals surface area contributed by atoms with Gasteiger partial charge in [0, 0.05) is 13.2 Å². The van der Waals surface area contributed by atoms with Crippen molar-refractivity contribution in [2.24, 2.45) is 5.73 Å². The maximum atomic E-state index is 5.57. The number of hydrogen-bond acceptors (Lipinski definition) is 2. The summed E-state index contributed by atoms with van der Waals surface area (Å²) in [5.41, 5.74) is 5.42. The van der Waals surface area contributed by atoms with Gasteiger partial charge in [0.05, 0.1) is 0 Å². The van der Waals surface area contributed by atoms with E-state index in [0.717, 1.165) is 26.2 Å². The molecule has 0 aromatic rings. The molecule has 0 heterocycles. The second kappa shape index (κ2) is 14.9. The Kier molecular flexibility index (Phi) is 14.8. The monoisotopic (exact) mass is 229 g/mol. The van der Waals surface area contributed by atoms with Gasteiger partial charge in [-0.15, -0.1) is 0 Å². The van der Waals surface area contributed by atoms with Gasteiger partial charge in [0.15, 0.2) is 0 Å². The Labute approximate surface area is 102 Å². The van der Waals surface area contributed by atoms with E-state index in [0.29, 0.717) is 0 Å². The first-order valence-electron chi connectivity index (χ1n) is 7.19. The predicted molar refractivity (Wildman–Crippen MR) is 71.7 cm³/mol. The van der Waals surface area contributed by atoms with Crippen LogP contribution in [0.3, 0.4) is 0 Å². The van der Waals surface area contributed by atoms with Crippen LogP contribution < -0.4 is 5.73 Å². The molecule has 2 nitrogen and oxygen atoms in total. The van der Waals surface area contributed by atoms with E-state index in [2.05, 4.69) is 6.92 Å². The van der Waals surface area contributed by atoms with E-state index in [4.69, 9.17) is 10.5 Å². The van der Waals surface area contributed by atoms with Gasteiger partial charge < -0.3 is 10.5 Å². The van der Waals surface area contributed by atoms with E-state index in [1.807, 2.05) is 0 Å². The van der Waals surface area contributed by atoms with Gasteiger partial charge in [-0.25, -0.2) is 0 Å². The molecule has 0 saturated heterocycles. The average Bonchev–Trinajstić information content (AvgIpc) is 2.31. The summed E-state index contributed by atoms with van der Waals surface area (Å²) in [7, 11) is 0. The van der Waals surface area contributed by atoms with Crippen LogP contribution in [-0.4, -0.2) is 19.8 Å². The van der Waals surface area contributed by atoms with Crippen LogP contribution in [0.25, 0.3) is 0 Å². The topological polar surface area (TPSA) is 35.2 Å². The van der Waals surface area contributed by atoms with Gasteiger partial charge in [-0.05, 0) is 32.2 Å². The van der Waals surface area contributed by atoms with Gasteiger partial charge in [0.25, 0.3) is 0 Å². The molecule has 2 N–H and O–H groups in total. The molecule has 0 unspecified atom stereocenters. The lowest BCUT2D eigenvalue weighted by atomic mass is 10.1. The highest BCUT2D eigenvalue weighted by molar-refractivity contribution is 4.45. The normalized spacial score (nSPS) is 10.9. The third kappa shape index (κ3) is 13.9. The van der Waals surface area contributed by atoms with Crippen LogP contribution >= 0.6 is 0 Å². The van der Waals surface area contributed by atoms with Crippen LogP contribution in [0.2, 0.25) is 0 Å². The summed E-state index contributed by atoms with van der Waals surface area (Å²) in [5, 5.41) is 0. The lowest BCUT2D eigenvalue weighted by Gasteiger charge is -2.04. The van der Waals surface area contributed by atoms with Crippen LogP contribution in [-0.2, 0) is 4.74 Å². The predicted octanol–water partition coefficient (Wildman–Crippen LogP) is 3.88.